The van der Waals surface area contributed by atoms with E-state index in [1.807, 2.05) is 24.3 Å². The Morgan fingerprint density at radius 1 is 1.00 bits per heavy atom. The van der Waals surface area contributed by atoms with Gasteiger partial charge >= 0.3 is 5.69 Å². The first-order valence-electron chi connectivity index (χ1n) is 8.06. The highest BCUT2D eigenvalue weighted by Gasteiger charge is 2.18. The molecule has 0 radical (unpaired) electrons. The first-order chi connectivity index (χ1) is 13.0. The monoisotopic (exact) mass is 358 g/mol. The lowest BCUT2D eigenvalue weighted by Crippen LogP contribution is -1.98. The third kappa shape index (κ3) is 3.99. The molecular formula is C21H14N2O4. The minimum Gasteiger partial charge on any atom is -0.450 e. The number of rotatable bonds is 5. The fourth-order valence-corrected chi connectivity index (χ4v) is 2.54. The summed E-state index contributed by atoms with van der Waals surface area (Å²) in [6, 6.07) is 20.4. The highest BCUT2D eigenvalue weighted by atomic mass is 16.6. The van der Waals surface area contributed by atoms with E-state index in [1.54, 1.807) is 24.3 Å². The van der Waals surface area contributed by atoms with E-state index in [2.05, 4.69) is 6.07 Å². The van der Waals surface area contributed by atoms with Crippen molar-refractivity contribution >= 4 is 11.5 Å². The van der Waals surface area contributed by atoms with Crippen molar-refractivity contribution in [1.82, 2.24) is 0 Å². The molecule has 0 spiro atoms. The fraction of sp³-hybridized carbons (Fsp3) is 0.0476. The van der Waals surface area contributed by atoms with Crippen molar-refractivity contribution in [3.8, 4) is 28.7 Å². The number of nitrogens with zero attached hydrogens (tertiary/aromatic N) is 2. The molecule has 0 N–H and O–H groups in total. The van der Waals surface area contributed by atoms with Gasteiger partial charge in [0.15, 0.2) is 5.78 Å². The minimum absolute atomic E-state index is 0.0659. The van der Waals surface area contributed by atoms with Crippen molar-refractivity contribution < 1.29 is 14.5 Å². The van der Waals surface area contributed by atoms with Crippen molar-refractivity contribution in [2.75, 3.05) is 0 Å². The topological polar surface area (TPSA) is 93.2 Å². The molecule has 0 aliphatic heterocycles. The van der Waals surface area contributed by atoms with Crippen molar-refractivity contribution in [1.29, 1.82) is 5.26 Å². The van der Waals surface area contributed by atoms with Crippen molar-refractivity contribution in [2.45, 2.75) is 6.92 Å². The first kappa shape index (κ1) is 17.8. The van der Waals surface area contributed by atoms with Gasteiger partial charge in [0.05, 0.1) is 16.6 Å². The molecule has 3 aromatic rings. The highest BCUT2D eigenvalue weighted by Crippen LogP contribution is 2.33. The van der Waals surface area contributed by atoms with E-state index in [1.165, 1.54) is 25.1 Å². The second-order valence-corrected chi connectivity index (χ2v) is 5.81. The van der Waals surface area contributed by atoms with Gasteiger partial charge in [0, 0.05) is 11.6 Å². The van der Waals surface area contributed by atoms with Crippen LogP contribution in [0.15, 0.2) is 66.7 Å². The summed E-state index contributed by atoms with van der Waals surface area (Å²) in [7, 11) is 0. The molecule has 0 heterocycles. The molecule has 3 rings (SSSR count). The second kappa shape index (κ2) is 7.50. The highest BCUT2D eigenvalue weighted by molar-refractivity contribution is 5.95. The van der Waals surface area contributed by atoms with Crippen LogP contribution in [-0.2, 0) is 0 Å². The molecule has 0 saturated heterocycles. The predicted octanol–water partition coefficient (Wildman–Crippen LogP) is 5.13. The molecule has 0 aliphatic rings. The Bertz CT molecular complexity index is 1050. The van der Waals surface area contributed by atoms with Crippen LogP contribution in [0.3, 0.4) is 0 Å². The van der Waals surface area contributed by atoms with Crippen molar-refractivity contribution in [3.05, 3.63) is 88.0 Å². The van der Waals surface area contributed by atoms with Crippen LogP contribution in [0.4, 0.5) is 5.69 Å². The van der Waals surface area contributed by atoms with E-state index in [0.717, 1.165) is 11.1 Å². The molecule has 0 aliphatic carbocycles. The number of hydrogen-bond donors (Lipinski definition) is 0. The van der Waals surface area contributed by atoms with Gasteiger partial charge in [0.2, 0.25) is 5.75 Å². The standard InChI is InChI=1S/C21H14N2O4/c1-14(24)18-8-11-21(20(12-18)23(25)26)27-19-9-6-17(7-10-19)16-4-2-15(13-22)3-5-16/h2-12H,1H3. The van der Waals surface area contributed by atoms with Crippen molar-refractivity contribution in [2.24, 2.45) is 0 Å². The van der Waals surface area contributed by atoms with Gasteiger partial charge in [-0.15, -0.1) is 0 Å². The van der Waals surface area contributed by atoms with Gasteiger partial charge in [0.25, 0.3) is 0 Å². The molecule has 0 bridgehead atoms. The van der Waals surface area contributed by atoms with Gasteiger partial charge in [-0.05, 0) is 54.4 Å². The summed E-state index contributed by atoms with van der Waals surface area (Å²) in [4.78, 5) is 22.1. The van der Waals surface area contributed by atoms with E-state index >= 15 is 0 Å². The average Bonchev–Trinajstić information content (AvgIpc) is 2.68. The number of carbonyl (C=O) groups excluding carboxylic acids is 1. The number of ether oxygens (including phenoxy) is 1. The van der Waals surface area contributed by atoms with Gasteiger partial charge in [-0.25, -0.2) is 0 Å². The van der Waals surface area contributed by atoms with Gasteiger partial charge in [-0.2, -0.15) is 5.26 Å². The van der Waals surface area contributed by atoms with Crippen LogP contribution in [0.1, 0.15) is 22.8 Å². The van der Waals surface area contributed by atoms with E-state index < -0.39 is 4.92 Å². The Kier molecular flexibility index (Phi) is 4.95. The molecule has 132 valence electrons. The fourth-order valence-electron chi connectivity index (χ4n) is 2.54. The predicted molar refractivity (Wildman–Crippen MR) is 99.8 cm³/mol. The summed E-state index contributed by atoms with van der Waals surface area (Å²) >= 11 is 0. The third-order valence-corrected chi connectivity index (χ3v) is 3.99. The number of nitriles is 1. The lowest BCUT2D eigenvalue weighted by atomic mass is 10.0. The van der Waals surface area contributed by atoms with E-state index in [0.29, 0.717) is 11.3 Å². The Morgan fingerprint density at radius 2 is 1.59 bits per heavy atom. The maximum Gasteiger partial charge on any atom is 0.312 e. The molecule has 0 atom stereocenters. The van der Waals surface area contributed by atoms with Gasteiger partial charge < -0.3 is 4.74 Å². The molecule has 0 amide bonds. The van der Waals surface area contributed by atoms with Crippen LogP contribution in [0.2, 0.25) is 0 Å². The van der Waals surface area contributed by atoms with Crippen LogP contribution in [-0.4, -0.2) is 10.7 Å². The zero-order chi connectivity index (χ0) is 19.4. The molecule has 6 heteroatoms. The number of benzene rings is 3. The smallest absolute Gasteiger partial charge is 0.312 e. The number of Topliss-reactive ketones (excluding diaryl/α,β-unsaturated/α-hetero) is 1. The third-order valence-electron chi connectivity index (χ3n) is 3.99. The number of nitro groups is 1. The summed E-state index contributed by atoms with van der Waals surface area (Å²) in [6.45, 7) is 1.35. The zero-order valence-corrected chi connectivity index (χ0v) is 14.4. The first-order valence-corrected chi connectivity index (χ1v) is 8.06. The molecule has 0 fully saturated rings. The summed E-state index contributed by atoms with van der Waals surface area (Å²) < 4.78 is 5.64. The Morgan fingerprint density at radius 3 is 2.11 bits per heavy atom. The normalized spacial score (nSPS) is 10.1. The average molecular weight is 358 g/mol. The molecule has 0 unspecified atom stereocenters. The molecule has 3 aromatic carbocycles. The Balaban J connectivity index is 1.85. The number of carbonyl (C=O) groups is 1. The summed E-state index contributed by atoms with van der Waals surface area (Å²) in [5.74, 6) is 0.249. The molecule has 0 aromatic heterocycles. The van der Waals surface area contributed by atoms with E-state index in [9.17, 15) is 14.9 Å². The molecule has 27 heavy (non-hydrogen) atoms. The number of ketones is 1. The van der Waals surface area contributed by atoms with Gasteiger partial charge in [-0.3, -0.25) is 14.9 Å². The molecular weight excluding hydrogens is 344 g/mol. The van der Waals surface area contributed by atoms with Gasteiger partial charge in [-0.1, -0.05) is 24.3 Å². The van der Waals surface area contributed by atoms with Crippen molar-refractivity contribution in [3.63, 3.8) is 0 Å². The van der Waals surface area contributed by atoms with Crippen LogP contribution in [0, 0.1) is 21.4 Å². The molecule has 6 nitrogen and oxygen atoms in total. The quantitative estimate of drug-likeness (QED) is 0.358. The molecule has 0 saturated carbocycles. The van der Waals surface area contributed by atoms with E-state index in [-0.39, 0.29) is 22.8 Å². The van der Waals surface area contributed by atoms with Crippen LogP contribution >= 0.6 is 0 Å². The van der Waals surface area contributed by atoms with Gasteiger partial charge in [0.1, 0.15) is 5.75 Å². The summed E-state index contributed by atoms with van der Waals surface area (Å²) in [5.41, 5.74) is 2.44. The van der Waals surface area contributed by atoms with E-state index in [4.69, 9.17) is 10.00 Å². The lowest BCUT2D eigenvalue weighted by molar-refractivity contribution is -0.385. The maximum atomic E-state index is 11.4. The Hall–Kier alpha value is -3.98. The summed E-state index contributed by atoms with van der Waals surface area (Å²) in [6.07, 6.45) is 0. The van der Waals surface area contributed by atoms with Crippen LogP contribution in [0.25, 0.3) is 11.1 Å². The number of nitro benzene ring substituents is 1. The van der Waals surface area contributed by atoms with Crippen LogP contribution in [0.5, 0.6) is 11.5 Å². The zero-order valence-electron chi connectivity index (χ0n) is 14.4. The lowest BCUT2D eigenvalue weighted by Gasteiger charge is -2.08. The summed E-state index contributed by atoms with van der Waals surface area (Å²) in [5, 5.41) is 20.1. The largest absolute Gasteiger partial charge is 0.450 e. The minimum atomic E-state index is -0.576. The maximum absolute atomic E-state index is 11.4. The second-order valence-electron chi connectivity index (χ2n) is 5.81. The Labute approximate surface area is 155 Å². The number of hydrogen-bond acceptors (Lipinski definition) is 5. The van der Waals surface area contributed by atoms with Crippen LogP contribution < -0.4 is 4.74 Å². The SMILES string of the molecule is CC(=O)c1ccc(Oc2ccc(-c3ccc(C#N)cc3)cc2)c([N+](=O)[O-])c1.